The Morgan fingerprint density at radius 1 is 1.17 bits per heavy atom. The fourth-order valence-electron chi connectivity index (χ4n) is 3.65. The van der Waals surface area contributed by atoms with Crippen molar-refractivity contribution in [2.45, 2.75) is 44.1 Å². The van der Waals surface area contributed by atoms with Crippen LogP contribution in [0.3, 0.4) is 0 Å². The molecule has 0 heterocycles. The number of methoxy groups -OCH3 is 2. The van der Waals surface area contributed by atoms with Crippen LogP contribution in [0, 0.1) is 0 Å². The molecule has 0 spiro atoms. The molecule has 0 aliphatic heterocycles. The Labute approximate surface area is 108 Å². The molecule has 0 fully saturated rings. The first kappa shape index (κ1) is 11.8. The number of aryl methyl sites for hydroxylation is 1. The summed E-state index contributed by atoms with van der Waals surface area (Å²) in [5.74, 6) is 2.33. The molecule has 0 radical (unpaired) electrons. The SMILES string of the molecule is COc1cc2c3c(c1OC)CCC[C@@H]3[C@H](N)CC2. The molecule has 3 heteroatoms. The standard InChI is InChI=1S/C15H21NO2/c1-17-13-8-9-6-7-12(16)10-4-3-5-11(14(9)10)15(13)18-2/h8,10,12H,3-7,16H2,1-2H3/t10-,12-/m1/s1. The lowest BCUT2D eigenvalue weighted by molar-refractivity contribution is 0.340. The first-order chi connectivity index (χ1) is 8.76. The van der Waals surface area contributed by atoms with E-state index in [0.717, 1.165) is 30.8 Å². The molecule has 0 saturated heterocycles. The van der Waals surface area contributed by atoms with Crippen LogP contribution in [-0.2, 0) is 12.8 Å². The van der Waals surface area contributed by atoms with E-state index >= 15 is 0 Å². The lowest BCUT2D eigenvalue weighted by Gasteiger charge is -2.37. The van der Waals surface area contributed by atoms with E-state index in [1.807, 2.05) is 0 Å². The molecule has 0 aromatic heterocycles. The molecule has 2 aliphatic carbocycles. The average Bonchev–Trinajstić information content (AvgIpc) is 2.42. The van der Waals surface area contributed by atoms with Gasteiger partial charge in [0.2, 0.25) is 0 Å². The van der Waals surface area contributed by atoms with Crippen LogP contribution in [0.4, 0.5) is 0 Å². The summed E-state index contributed by atoms with van der Waals surface area (Å²) >= 11 is 0. The van der Waals surface area contributed by atoms with Crippen LogP contribution in [0.25, 0.3) is 0 Å². The predicted octanol–water partition coefficient (Wildman–Crippen LogP) is 2.40. The molecule has 0 amide bonds. The van der Waals surface area contributed by atoms with Crippen molar-refractivity contribution >= 4 is 0 Å². The number of ether oxygens (including phenoxy) is 2. The molecule has 98 valence electrons. The summed E-state index contributed by atoms with van der Waals surface area (Å²) < 4.78 is 11.1. The number of rotatable bonds is 2. The van der Waals surface area contributed by atoms with Gasteiger partial charge in [-0.25, -0.2) is 0 Å². The molecule has 2 atom stereocenters. The first-order valence-corrected chi connectivity index (χ1v) is 6.78. The Morgan fingerprint density at radius 2 is 2.00 bits per heavy atom. The highest BCUT2D eigenvalue weighted by atomic mass is 16.5. The van der Waals surface area contributed by atoms with Crippen LogP contribution >= 0.6 is 0 Å². The van der Waals surface area contributed by atoms with Gasteiger partial charge in [-0.3, -0.25) is 0 Å². The number of benzene rings is 1. The summed E-state index contributed by atoms with van der Waals surface area (Å²) in [5.41, 5.74) is 10.5. The summed E-state index contributed by atoms with van der Waals surface area (Å²) in [6.45, 7) is 0. The van der Waals surface area contributed by atoms with Gasteiger partial charge in [0.05, 0.1) is 14.2 Å². The zero-order valence-electron chi connectivity index (χ0n) is 11.2. The van der Waals surface area contributed by atoms with Gasteiger partial charge in [0.1, 0.15) is 0 Å². The highest BCUT2D eigenvalue weighted by Gasteiger charge is 2.34. The number of hydrogen-bond acceptors (Lipinski definition) is 3. The lowest BCUT2D eigenvalue weighted by atomic mass is 9.71. The van der Waals surface area contributed by atoms with Crippen LogP contribution in [0.15, 0.2) is 6.07 Å². The van der Waals surface area contributed by atoms with Crippen molar-refractivity contribution in [3.8, 4) is 11.5 Å². The highest BCUT2D eigenvalue weighted by Crippen LogP contribution is 2.47. The van der Waals surface area contributed by atoms with E-state index in [0.29, 0.717) is 12.0 Å². The minimum Gasteiger partial charge on any atom is -0.493 e. The fourth-order valence-corrected chi connectivity index (χ4v) is 3.65. The molecule has 0 saturated carbocycles. The molecule has 3 rings (SSSR count). The zero-order chi connectivity index (χ0) is 12.7. The van der Waals surface area contributed by atoms with Crippen LogP contribution in [0.5, 0.6) is 11.5 Å². The van der Waals surface area contributed by atoms with Gasteiger partial charge in [0.25, 0.3) is 0 Å². The summed E-state index contributed by atoms with van der Waals surface area (Å²) in [5, 5.41) is 0. The Bertz CT molecular complexity index is 470. The van der Waals surface area contributed by atoms with Crippen molar-refractivity contribution in [1.82, 2.24) is 0 Å². The lowest BCUT2D eigenvalue weighted by Crippen LogP contribution is -2.35. The van der Waals surface area contributed by atoms with E-state index in [-0.39, 0.29) is 0 Å². The smallest absolute Gasteiger partial charge is 0.164 e. The quantitative estimate of drug-likeness (QED) is 0.872. The third kappa shape index (κ3) is 1.61. The maximum atomic E-state index is 6.30. The van der Waals surface area contributed by atoms with Gasteiger partial charge in [-0.15, -0.1) is 0 Å². The summed E-state index contributed by atoms with van der Waals surface area (Å²) in [4.78, 5) is 0. The van der Waals surface area contributed by atoms with Crippen LogP contribution < -0.4 is 15.2 Å². The second kappa shape index (κ2) is 4.47. The van der Waals surface area contributed by atoms with E-state index in [1.54, 1.807) is 14.2 Å². The topological polar surface area (TPSA) is 44.5 Å². The molecule has 1 aromatic rings. The highest BCUT2D eigenvalue weighted by molar-refractivity contribution is 5.57. The predicted molar refractivity (Wildman–Crippen MR) is 71.5 cm³/mol. The second-order valence-electron chi connectivity index (χ2n) is 5.36. The molecule has 0 unspecified atom stereocenters. The Hall–Kier alpha value is -1.22. The normalized spacial score (nSPS) is 25.5. The second-order valence-corrected chi connectivity index (χ2v) is 5.36. The molecule has 2 N–H and O–H groups in total. The monoisotopic (exact) mass is 247 g/mol. The first-order valence-electron chi connectivity index (χ1n) is 6.78. The van der Waals surface area contributed by atoms with Crippen molar-refractivity contribution in [3.63, 3.8) is 0 Å². The van der Waals surface area contributed by atoms with Crippen LogP contribution in [0.1, 0.15) is 41.9 Å². The van der Waals surface area contributed by atoms with E-state index in [2.05, 4.69) is 6.07 Å². The van der Waals surface area contributed by atoms with Crippen molar-refractivity contribution in [3.05, 3.63) is 22.8 Å². The van der Waals surface area contributed by atoms with Crippen molar-refractivity contribution in [2.75, 3.05) is 14.2 Å². The minimum absolute atomic E-state index is 0.314. The zero-order valence-corrected chi connectivity index (χ0v) is 11.2. The van der Waals surface area contributed by atoms with E-state index in [1.165, 1.54) is 29.5 Å². The van der Waals surface area contributed by atoms with Crippen molar-refractivity contribution in [1.29, 1.82) is 0 Å². The van der Waals surface area contributed by atoms with Gasteiger partial charge in [-0.1, -0.05) is 0 Å². The maximum Gasteiger partial charge on any atom is 0.164 e. The fraction of sp³-hybridized carbons (Fsp3) is 0.600. The van der Waals surface area contributed by atoms with Crippen molar-refractivity contribution < 1.29 is 9.47 Å². The molecular formula is C15H21NO2. The molecule has 1 aromatic carbocycles. The van der Waals surface area contributed by atoms with Crippen LogP contribution in [-0.4, -0.2) is 20.3 Å². The van der Waals surface area contributed by atoms with Gasteiger partial charge in [-0.05, 0) is 55.2 Å². The average molecular weight is 247 g/mol. The van der Waals surface area contributed by atoms with E-state index in [4.69, 9.17) is 15.2 Å². The van der Waals surface area contributed by atoms with Gasteiger partial charge in [0, 0.05) is 11.6 Å². The van der Waals surface area contributed by atoms with Gasteiger partial charge < -0.3 is 15.2 Å². The Balaban J connectivity index is 2.21. The Morgan fingerprint density at radius 3 is 2.72 bits per heavy atom. The summed E-state index contributed by atoms with van der Waals surface area (Å²) in [6.07, 6.45) is 5.67. The maximum absolute atomic E-state index is 6.30. The Kier molecular flexibility index (Phi) is 2.94. The molecule has 18 heavy (non-hydrogen) atoms. The molecule has 3 nitrogen and oxygen atoms in total. The largest absolute Gasteiger partial charge is 0.493 e. The third-order valence-corrected chi connectivity index (χ3v) is 4.47. The number of nitrogens with two attached hydrogens (primary N) is 1. The summed E-state index contributed by atoms with van der Waals surface area (Å²) in [7, 11) is 3.44. The minimum atomic E-state index is 0.314. The third-order valence-electron chi connectivity index (χ3n) is 4.47. The van der Waals surface area contributed by atoms with Gasteiger partial charge in [-0.2, -0.15) is 0 Å². The van der Waals surface area contributed by atoms with E-state index < -0.39 is 0 Å². The number of hydrogen-bond donors (Lipinski definition) is 1. The van der Waals surface area contributed by atoms with Gasteiger partial charge >= 0.3 is 0 Å². The van der Waals surface area contributed by atoms with E-state index in [9.17, 15) is 0 Å². The molecular weight excluding hydrogens is 226 g/mol. The van der Waals surface area contributed by atoms with Gasteiger partial charge in [0.15, 0.2) is 11.5 Å². The van der Waals surface area contributed by atoms with Crippen LogP contribution in [0.2, 0.25) is 0 Å². The summed E-state index contributed by atoms with van der Waals surface area (Å²) in [6, 6.07) is 2.47. The van der Waals surface area contributed by atoms with Crippen molar-refractivity contribution in [2.24, 2.45) is 5.73 Å². The molecule has 0 bridgehead atoms. The molecule has 2 aliphatic rings.